The van der Waals surface area contributed by atoms with Gasteiger partial charge in [-0.05, 0) is 62.0 Å². The molecule has 0 aromatic rings. The van der Waals surface area contributed by atoms with Crippen LogP contribution in [0.1, 0.15) is 117 Å². The fraction of sp³-hybridized carbons (Fsp3) is 0.778. The minimum Gasteiger partial charge on any atom is -0.358 e. The Bertz CT molecular complexity index is 388. The molecule has 0 N–H and O–H groups in total. The molecule has 0 amide bonds. The van der Waals surface area contributed by atoms with Crippen LogP contribution in [0.15, 0.2) is 0 Å². The first-order valence-electron chi connectivity index (χ1n) is 11.0. The van der Waals surface area contributed by atoms with Gasteiger partial charge in [0.2, 0.25) is 0 Å². The summed E-state index contributed by atoms with van der Waals surface area (Å²) in [7, 11) is 0. The van der Waals surface area contributed by atoms with Gasteiger partial charge < -0.3 is 29.7 Å². The van der Waals surface area contributed by atoms with E-state index in [0.717, 1.165) is 3.92 Å². The second-order valence-electron chi connectivity index (χ2n) is 7.88. The Morgan fingerprint density at radius 1 is 0.500 bits per heavy atom. The van der Waals surface area contributed by atoms with Gasteiger partial charge in [0.05, 0.1) is 0 Å². The number of rotatable bonds is 2. The van der Waals surface area contributed by atoms with Crippen molar-refractivity contribution in [1.29, 1.82) is 10.5 Å². The molecule has 4 aliphatic carbocycles. The zero-order valence-electron chi connectivity index (χ0n) is 21.5. The van der Waals surface area contributed by atoms with E-state index in [1.807, 2.05) is 0 Å². The predicted octanol–water partition coefficient (Wildman–Crippen LogP) is 11.0. The van der Waals surface area contributed by atoms with Gasteiger partial charge in [0.1, 0.15) is 10.8 Å². The summed E-state index contributed by atoms with van der Waals surface area (Å²) in [4.78, 5) is 0. The van der Waals surface area contributed by atoms with E-state index in [1.165, 1.54) is 133 Å². The second kappa shape index (κ2) is 39.2. The van der Waals surface area contributed by atoms with E-state index in [1.54, 1.807) is 0 Å². The van der Waals surface area contributed by atoms with Crippen molar-refractivity contribution in [3.8, 4) is 10.8 Å². The van der Waals surface area contributed by atoms with Gasteiger partial charge in [-0.3, -0.25) is 0 Å². The summed E-state index contributed by atoms with van der Waals surface area (Å²) in [5.74, 6) is 0. The smallest absolute Gasteiger partial charge is 0.358 e. The maximum absolute atomic E-state index is 8.24. The third-order valence-corrected chi connectivity index (χ3v) is 8.64. The Morgan fingerprint density at radius 3 is 0.912 bits per heavy atom. The van der Waals surface area contributed by atoms with Crippen molar-refractivity contribution in [3.05, 3.63) is 29.7 Å². The summed E-state index contributed by atoms with van der Waals surface area (Å²) in [6.45, 7) is 0. The van der Waals surface area contributed by atoms with E-state index < -0.39 is 0 Å². The van der Waals surface area contributed by atoms with Crippen molar-refractivity contribution >= 4 is 46.1 Å². The second-order valence-corrected chi connectivity index (χ2v) is 11.8. The fourth-order valence-electron chi connectivity index (χ4n) is 3.92. The summed E-state index contributed by atoms with van der Waals surface area (Å²) < 4.78 is 1.02. The number of nitrogens with zero attached hydrogens (tertiary/aromatic N) is 2. The van der Waals surface area contributed by atoms with Crippen LogP contribution in [0.2, 0.25) is 0 Å². The SMILES string of the molecule is C.C1CCCC1.IC1CCCC1.N#CSC1CCCC1.N#CSC1CCCC1.[CH3-].[CH3-].[CH3-].[CH3-].[Ru+2].[Ru+2]. The molecule has 0 atom stereocenters. The first-order valence-corrected chi connectivity index (χ1v) is 14.0. The summed E-state index contributed by atoms with van der Waals surface area (Å²) in [5, 5.41) is 22.1. The monoisotopic (exact) mass is 800 g/mol. The number of nitriles is 2. The zero-order chi connectivity index (χ0) is 19.6. The number of thiocyanates is 2. The standard InChI is InChI=1S/2C6H9NS.C5H9I.C5H10.CH4.4CH3.2Ru/c2*7-5-8-6-3-1-2-4-6;6-5-3-1-2-4-5;1-2-4-5-3-1;;;;;;;/h2*6H,1-4H2;5H,1-4H2;1-5H2;1H4;4*1H3;;/q;;;;;4*-1;2*+2. The van der Waals surface area contributed by atoms with Crippen molar-refractivity contribution < 1.29 is 39.0 Å². The molecule has 2 nitrogen and oxygen atoms in total. The first kappa shape index (κ1) is 52.2. The Hall–Kier alpha value is 1.66. The van der Waals surface area contributed by atoms with E-state index >= 15 is 0 Å². The average molecular weight is 799 g/mol. The van der Waals surface area contributed by atoms with E-state index in [9.17, 15) is 0 Å². The summed E-state index contributed by atoms with van der Waals surface area (Å²) in [6.07, 6.45) is 23.8. The molecule has 4 rings (SSSR count). The number of thioether (sulfide) groups is 2. The van der Waals surface area contributed by atoms with Crippen LogP contribution in [-0.4, -0.2) is 14.4 Å². The quantitative estimate of drug-likeness (QED) is 0.0918. The zero-order valence-corrected chi connectivity index (χ0v) is 28.8. The molecular weight excluding hydrogens is 745 g/mol. The topological polar surface area (TPSA) is 47.6 Å². The van der Waals surface area contributed by atoms with E-state index in [-0.39, 0.29) is 76.1 Å². The number of hydrogen-bond donors (Lipinski definition) is 0. The molecule has 34 heavy (non-hydrogen) atoms. The van der Waals surface area contributed by atoms with Crippen LogP contribution < -0.4 is 0 Å². The molecule has 0 radical (unpaired) electrons. The molecule has 0 bridgehead atoms. The summed E-state index contributed by atoms with van der Waals surface area (Å²) in [6, 6.07) is 0. The summed E-state index contributed by atoms with van der Waals surface area (Å²) >= 11 is 5.42. The first-order chi connectivity index (χ1) is 13.3. The third kappa shape index (κ3) is 31.7. The third-order valence-electron chi connectivity index (χ3n) is 5.58. The normalized spacial score (nSPS) is 17.9. The van der Waals surface area contributed by atoms with Gasteiger partial charge in [0.25, 0.3) is 0 Å². The number of hydrogen-bond acceptors (Lipinski definition) is 4. The van der Waals surface area contributed by atoms with Gasteiger partial charge in [-0.2, -0.15) is 10.5 Å². The van der Waals surface area contributed by atoms with Crippen molar-refractivity contribution in [2.45, 2.75) is 131 Å². The van der Waals surface area contributed by atoms with E-state index in [0.29, 0.717) is 10.5 Å². The Labute approximate surface area is 264 Å². The molecule has 0 aromatic carbocycles. The van der Waals surface area contributed by atoms with Crippen molar-refractivity contribution in [2.24, 2.45) is 0 Å². The Morgan fingerprint density at radius 2 is 0.735 bits per heavy atom. The molecule has 4 fully saturated rings. The fourth-order valence-corrected chi connectivity index (χ4v) is 6.24. The van der Waals surface area contributed by atoms with Gasteiger partial charge in [-0.1, -0.05) is 101 Å². The van der Waals surface area contributed by atoms with Gasteiger partial charge in [-0.15, -0.1) is 0 Å². The van der Waals surface area contributed by atoms with Gasteiger partial charge in [-0.25, -0.2) is 0 Å². The number of halogens is 1. The van der Waals surface area contributed by atoms with Crippen LogP contribution in [-0.2, 0) is 39.0 Å². The van der Waals surface area contributed by atoms with Crippen molar-refractivity contribution in [3.63, 3.8) is 0 Å². The maximum atomic E-state index is 8.24. The molecule has 206 valence electrons. The predicted molar refractivity (Wildman–Crippen MR) is 163 cm³/mol. The molecule has 0 saturated heterocycles. The molecule has 0 aliphatic heterocycles. The van der Waals surface area contributed by atoms with Gasteiger partial charge in [0.15, 0.2) is 0 Å². The molecule has 7 heteroatoms. The van der Waals surface area contributed by atoms with Gasteiger partial charge >= 0.3 is 39.0 Å². The molecule has 4 saturated carbocycles. The Balaban J connectivity index is -0.0000000541. The van der Waals surface area contributed by atoms with Crippen LogP contribution in [0.5, 0.6) is 0 Å². The van der Waals surface area contributed by atoms with Crippen molar-refractivity contribution in [1.82, 2.24) is 0 Å². The van der Waals surface area contributed by atoms with Crippen LogP contribution in [0.4, 0.5) is 0 Å². The maximum Gasteiger partial charge on any atom is 2.00 e. The molecule has 0 aromatic heterocycles. The van der Waals surface area contributed by atoms with E-state index in [4.69, 9.17) is 10.5 Å². The molecule has 0 spiro atoms. The van der Waals surface area contributed by atoms with E-state index in [2.05, 4.69) is 33.4 Å². The number of alkyl halides is 1. The van der Waals surface area contributed by atoms with Crippen molar-refractivity contribution in [2.75, 3.05) is 0 Å². The molecule has 4 aliphatic rings. The minimum absolute atomic E-state index is 0. The van der Waals surface area contributed by atoms with Crippen LogP contribution >= 0.6 is 46.1 Å². The Kier molecular flexibility index (Phi) is 60.1. The van der Waals surface area contributed by atoms with Crippen LogP contribution in [0, 0.1) is 51.0 Å². The molecule has 0 unspecified atom stereocenters. The average Bonchev–Trinajstić information content (AvgIpc) is 3.47. The minimum atomic E-state index is 0. The molecule has 0 heterocycles. The van der Waals surface area contributed by atoms with Crippen LogP contribution in [0.25, 0.3) is 0 Å². The largest absolute Gasteiger partial charge is 2.00 e. The summed E-state index contributed by atoms with van der Waals surface area (Å²) in [5.41, 5.74) is 0. The van der Waals surface area contributed by atoms with Crippen LogP contribution in [0.3, 0.4) is 0 Å². The molecular formula is C27H53IN2Ru2S2. The van der Waals surface area contributed by atoms with Gasteiger partial charge in [0, 0.05) is 14.4 Å².